The molecule has 0 spiro atoms. The van der Waals surface area contributed by atoms with Crippen molar-refractivity contribution in [1.29, 1.82) is 0 Å². The van der Waals surface area contributed by atoms with Gasteiger partial charge in [-0.15, -0.1) is 6.58 Å². The summed E-state index contributed by atoms with van der Waals surface area (Å²) in [6, 6.07) is 16.6. The van der Waals surface area contributed by atoms with Gasteiger partial charge in [0.1, 0.15) is 6.61 Å². The largest absolute Gasteiger partial charge is 0.449 e. The third-order valence-electron chi connectivity index (χ3n) is 7.29. The van der Waals surface area contributed by atoms with Crippen molar-refractivity contribution in [3.8, 4) is 11.1 Å². The quantitative estimate of drug-likeness (QED) is 0.0877. The van der Waals surface area contributed by atoms with Crippen molar-refractivity contribution in [2.75, 3.05) is 132 Å². The highest BCUT2D eigenvalue weighted by atomic mass is 16.6. The summed E-state index contributed by atoms with van der Waals surface area (Å²) in [7, 11) is 0. The fourth-order valence-electron chi connectivity index (χ4n) is 4.94. The maximum atomic E-state index is 12.2. The summed E-state index contributed by atoms with van der Waals surface area (Å²) in [5.74, 6) is 0.0522. The third-order valence-corrected chi connectivity index (χ3v) is 7.29. The first kappa shape index (κ1) is 40.5. The number of fused-ring (bicyclic) bond motifs is 3. The Morgan fingerprint density at radius 3 is 1.33 bits per heavy atom. The van der Waals surface area contributed by atoms with E-state index in [-0.39, 0.29) is 5.92 Å². The number of benzene rings is 2. The summed E-state index contributed by atoms with van der Waals surface area (Å²) in [5, 5.41) is 2.80. The van der Waals surface area contributed by atoms with Crippen LogP contribution in [0.15, 0.2) is 61.2 Å². The first-order valence-electron chi connectivity index (χ1n) is 17.2. The fourth-order valence-corrected chi connectivity index (χ4v) is 4.94. The van der Waals surface area contributed by atoms with E-state index in [9.17, 15) is 4.79 Å². The summed E-state index contributed by atoms with van der Waals surface area (Å²) in [5.41, 5.74) is 4.81. The van der Waals surface area contributed by atoms with Gasteiger partial charge in [-0.3, -0.25) is 0 Å². The Hall–Kier alpha value is -2.91. The van der Waals surface area contributed by atoms with Crippen LogP contribution < -0.4 is 5.32 Å². The molecule has 3 rings (SSSR count). The van der Waals surface area contributed by atoms with Gasteiger partial charge in [-0.25, -0.2) is 4.79 Å². The van der Waals surface area contributed by atoms with Crippen LogP contribution in [0.4, 0.5) is 4.79 Å². The summed E-state index contributed by atoms with van der Waals surface area (Å²) >= 11 is 0. The van der Waals surface area contributed by atoms with E-state index in [0.29, 0.717) is 138 Å². The summed E-state index contributed by atoms with van der Waals surface area (Å²) in [6.45, 7) is 13.6. The number of alkyl carbamates (subject to hydrolysis) is 1. The number of nitrogens with one attached hydrogen (secondary N) is 1. The van der Waals surface area contributed by atoms with Crippen LogP contribution in [0.25, 0.3) is 11.1 Å². The minimum Gasteiger partial charge on any atom is -0.449 e. The van der Waals surface area contributed by atoms with Crippen LogP contribution in [-0.2, 0) is 47.4 Å². The van der Waals surface area contributed by atoms with Crippen LogP contribution in [0, 0.1) is 0 Å². The summed E-state index contributed by atoms with van der Waals surface area (Å²) in [4.78, 5) is 12.2. The highest BCUT2D eigenvalue weighted by Crippen LogP contribution is 2.44. The van der Waals surface area contributed by atoms with E-state index in [4.69, 9.17) is 47.4 Å². The van der Waals surface area contributed by atoms with Crippen LogP contribution in [0.2, 0.25) is 0 Å². The van der Waals surface area contributed by atoms with E-state index in [1.54, 1.807) is 6.08 Å². The zero-order valence-corrected chi connectivity index (χ0v) is 28.8. The first-order chi connectivity index (χ1) is 24.3. The fraction of sp³-hybridized carbons (Fsp3) is 0.595. The smallest absolute Gasteiger partial charge is 0.407 e. The Labute approximate surface area is 291 Å². The Morgan fingerprint density at radius 1 is 0.551 bits per heavy atom. The van der Waals surface area contributed by atoms with Gasteiger partial charge in [0.05, 0.1) is 112 Å². The molecule has 0 atom stereocenters. The molecule has 0 saturated carbocycles. The lowest BCUT2D eigenvalue weighted by Crippen LogP contribution is -2.27. The Kier molecular flexibility index (Phi) is 23.0. The number of carbonyl (C=O) groups is 1. The van der Waals surface area contributed by atoms with Gasteiger partial charge in [0.25, 0.3) is 0 Å². The highest BCUT2D eigenvalue weighted by molar-refractivity contribution is 5.79. The Morgan fingerprint density at radius 2 is 0.918 bits per heavy atom. The predicted molar refractivity (Wildman–Crippen MR) is 185 cm³/mol. The maximum absolute atomic E-state index is 12.2. The standard InChI is InChI=1S/C37H55NO11/c1-2-13-40-15-17-42-19-21-44-23-25-46-27-29-48-30-28-47-26-24-45-22-20-43-18-16-41-14-7-12-38-37(39)49-31-36-34-10-5-3-8-32(34)33-9-4-6-11-35(33)36/h2-6,8-11,36H,1,7,12-31H2,(H,38,39). The van der Waals surface area contributed by atoms with E-state index in [1.807, 2.05) is 24.3 Å². The number of hydrogen-bond acceptors (Lipinski definition) is 11. The molecule has 0 aliphatic heterocycles. The van der Waals surface area contributed by atoms with E-state index < -0.39 is 6.09 Å². The second-order valence-corrected chi connectivity index (χ2v) is 10.9. The molecule has 1 N–H and O–H groups in total. The molecule has 0 heterocycles. The average molecular weight is 690 g/mol. The van der Waals surface area contributed by atoms with Gasteiger partial charge in [-0.1, -0.05) is 54.6 Å². The maximum Gasteiger partial charge on any atom is 0.407 e. The van der Waals surface area contributed by atoms with E-state index in [0.717, 1.165) is 0 Å². The molecule has 0 saturated heterocycles. The van der Waals surface area contributed by atoms with Crippen molar-refractivity contribution in [3.05, 3.63) is 72.3 Å². The molecule has 49 heavy (non-hydrogen) atoms. The lowest BCUT2D eigenvalue weighted by Gasteiger charge is -2.14. The van der Waals surface area contributed by atoms with E-state index in [1.165, 1.54) is 22.3 Å². The zero-order valence-electron chi connectivity index (χ0n) is 28.8. The first-order valence-corrected chi connectivity index (χ1v) is 17.2. The molecule has 12 nitrogen and oxygen atoms in total. The average Bonchev–Trinajstić information content (AvgIpc) is 3.45. The number of rotatable bonds is 32. The minimum absolute atomic E-state index is 0.0522. The van der Waals surface area contributed by atoms with Crippen molar-refractivity contribution in [3.63, 3.8) is 0 Å². The van der Waals surface area contributed by atoms with Gasteiger partial charge in [-0.2, -0.15) is 0 Å². The second kappa shape index (κ2) is 27.9. The predicted octanol–water partition coefficient (Wildman–Crippen LogP) is 4.25. The third kappa shape index (κ3) is 18.1. The van der Waals surface area contributed by atoms with E-state index in [2.05, 4.69) is 36.2 Å². The summed E-state index contributed by atoms with van der Waals surface area (Å²) in [6.07, 6.45) is 1.98. The number of hydrogen-bond donors (Lipinski definition) is 1. The monoisotopic (exact) mass is 689 g/mol. The van der Waals surface area contributed by atoms with Crippen molar-refractivity contribution in [2.45, 2.75) is 12.3 Å². The van der Waals surface area contributed by atoms with Crippen molar-refractivity contribution in [1.82, 2.24) is 5.32 Å². The Balaban J connectivity index is 0.979. The van der Waals surface area contributed by atoms with Crippen LogP contribution >= 0.6 is 0 Å². The van der Waals surface area contributed by atoms with Crippen LogP contribution in [0.3, 0.4) is 0 Å². The molecule has 12 heteroatoms. The second-order valence-electron chi connectivity index (χ2n) is 10.9. The van der Waals surface area contributed by atoms with Crippen LogP contribution in [-0.4, -0.2) is 138 Å². The SMILES string of the molecule is C=CCOCCOCCOCCOCCOCCOCCOCCOCCOCCCNC(=O)OCC1c2ccccc2-c2ccccc21. The molecule has 1 amide bonds. The highest BCUT2D eigenvalue weighted by Gasteiger charge is 2.28. The van der Waals surface area contributed by atoms with Gasteiger partial charge in [0, 0.05) is 19.1 Å². The van der Waals surface area contributed by atoms with Crippen molar-refractivity contribution < 1.29 is 52.2 Å². The van der Waals surface area contributed by atoms with Crippen molar-refractivity contribution in [2.24, 2.45) is 0 Å². The van der Waals surface area contributed by atoms with Crippen molar-refractivity contribution >= 4 is 6.09 Å². The number of carbonyl (C=O) groups excluding carboxylic acids is 1. The molecule has 2 aromatic carbocycles. The van der Waals surface area contributed by atoms with Gasteiger partial charge < -0.3 is 52.7 Å². The molecule has 274 valence electrons. The molecule has 0 bridgehead atoms. The molecule has 0 fully saturated rings. The van der Waals surface area contributed by atoms with Gasteiger partial charge in [0.15, 0.2) is 0 Å². The molecular formula is C37H55NO11. The normalized spacial score (nSPS) is 12.2. The van der Waals surface area contributed by atoms with E-state index >= 15 is 0 Å². The van der Waals surface area contributed by atoms with Gasteiger partial charge in [-0.05, 0) is 28.7 Å². The molecular weight excluding hydrogens is 634 g/mol. The lowest BCUT2D eigenvalue weighted by molar-refractivity contribution is -0.0246. The topological polar surface area (TPSA) is 121 Å². The van der Waals surface area contributed by atoms with Gasteiger partial charge in [0.2, 0.25) is 0 Å². The number of ether oxygens (including phenoxy) is 10. The Bertz CT molecular complexity index is 1090. The molecule has 2 aromatic rings. The molecule has 0 radical (unpaired) electrons. The molecule has 1 aliphatic carbocycles. The summed E-state index contributed by atoms with van der Waals surface area (Å²) < 4.78 is 54.6. The molecule has 0 aromatic heterocycles. The van der Waals surface area contributed by atoms with Crippen LogP contribution in [0.5, 0.6) is 0 Å². The lowest BCUT2D eigenvalue weighted by atomic mass is 9.98. The van der Waals surface area contributed by atoms with Gasteiger partial charge >= 0.3 is 6.09 Å². The minimum atomic E-state index is -0.413. The molecule has 0 unspecified atom stereocenters. The van der Waals surface area contributed by atoms with Crippen LogP contribution in [0.1, 0.15) is 23.5 Å². The zero-order chi connectivity index (χ0) is 34.5. The number of amides is 1. The molecule has 1 aliphatic rings.